The van der Waals surface area contributed by atoms with Gasteiger partial charge in [0.2, 0.25) is 0 Å². The Hall–Kier alpha value is -3.34. The summed E-state index contributed by atoms with van der Waals surface area (Å²) in [4.78, 5) is 38.0. The van der Waals surface area contributed by atoms with Gasteiger partial charge in [0, 0.05) is 32.2 Å². The lowest BCUT2D eigenvalue weighted by atomic mass is 10.1. The van der Waals surface area contributed by atoms with Gasteiger partial charge in [0.05, 0.1) is 28.7 Å². The van der Waals surface area contributed by atoms with Crippen molar-refractivity contribution in [2.24, 2.45) is 0 Å². The molecule has 3 heterocycles. The van der Waals surface area contributed by atoms with Crippen LogP contribution >= 0.6 is 0 Å². The minimum absolute atomic E-state index is 0.0842. The van der Waals surface area contributed by atoms with Gasteiger partial charge in [-0.3, -0.25) is 24.9 Å². The number of anilines is 1. The molecule has 1 aliphatic rings. The van der Waals surface area contributed by atoms with Crippen LogP contribution in [0.5, 0.6) is 0 Å². The molecule has 1 aliphatic heterocycles. The first kappa shape index (κ1) is 17.1. The molecule has 3 aromatic rings. The minimum Gasteiger partial charge on any atom is -0.363 e. The molecule has 11 nitrogen and oxygen atoms in total. The number of nitro groups is 1. The van der Waals surface area contributed by atoms with Gasteiger partial charge >= 0.3 is 0 Å². The van der Waals surface area contributed by atoms with Gasteiger partial charge in [0.25, 0.3) is 11.2 Å². The minimum atomic E-state index is -0.454. The number of hydrogen-bond acceptors (Lipinski definition) is 8. The molecule has 140 valence electrons. The maximum Gasteiger partial charge on any atom is 0.293 e. The van der Waals surface area contributed by atoms with Gasteiger partial charge in [0.15, 0.2) is 5.82 Å². The van der Waals surface area contributed by atoms with Gasteiger partial charge in [-0.15, -0.1) is 0 Å². The van der Waals surface area contributed by atoms with Crippen LogP contribution in [-0.2, 0) is 6.54 Å². The average molecular weight is 370 g/mol. The van der Waals surface area contributed by atoms with Crippen molar-refractivity contribution in [1.82, 2.24) is 30.0 Å². The number of fused-ring (bicyclic) bond motifs is 1. The molecule has 0 saturated carbocycles. The molecule has 0 amide bonds. The predicted octanol–water partition coefficient (Wildman–Crippen LogP) is 0.580. The van der Waals surface area contributed by atoms with Crippen LogP contribution in [-0.4, -0.2) is 61.2 Å². The Morgan fingerprint density at radius 2 is 2.04 bits per heavy atom. The van der Waals surface area contributed by atoms with E-state index in [1.54, 1.807) is 6.07 Å². The van der Waals surface area contributed by atoms with Crippen LogP contribution in [0.3, 0.4) is 0 Å². The number of nitro benzene ring substituents is 1. The molecule has 1 fully saturated rings. The van der Waals surface area contributed by atoms with Gasteiger partial charge in [-0.2, -0.15) is 5.10 Å². The molecule has 0 radical (unpaired) electrons. The van der Waals surface area contributed by atoms with Crippen LogP contribution in [0.4, 0.5) is 11.4 Å². The fourth-order valence-electron chi connectivity index (χ4n) is 3.30. The van der Waals surface area contributed by atoms with E-state index in [1.807, 2.05) is 11.8 Å². The third kappa shape index (κ3) is 3.36. The molecule has 0 aliphatic carbocycles. The molecule has 1 saturated heterocycles. The number of benzene rings is 1. The third-order valence-electron chi connectivity index (χ3n) is 4.66. The Labute approximate surface area is 153 Å². The molecule has 0 spiro atoms. The van der Waals surface area contributed by atoms with Gasteiger partial charge in [0.1, 0.15) is 11.5 Å². The lowest BCUT2D eigenvalue weighted by Gasteiger charge is -2.35. The van der Waals surface area contributed by atoms with E-state index in [1.165, 1.54) is 12.4 Å². The lowest BCUT2D eigenvalue weighted by Crippen LogP contribution is -2.46. The zero-order valence-electron chi connectivity index (χ0n) is 14.7. The van der Waals surface area contributed by atoms with Crippen LogP contribution in [0.25, 0.3) is 10.9 Å². The van der Waals surface area contributed by atoms with Crippen molar-refractivity contribution in [3.8, 4) is 0 Å². The molecule has 0 atom stereocenters. The number of aromatic nitrogens is 5. The molecule has 11 heteroatoms. The van der Waals surface area contributed by atoms with Crippen LogP contribution in [0.2, 0.25) is 0 Å². The number of nitrogens with zero attached hydrogens (tertiary/aromatic N) is 6. The first-order valence-electron chi connectivity index (χ1n) is 8.52. The van der Waals surface area contributed by atoms with E-state index in [0.717, 1.165) is 24.7 Å². The summed E-state index contributed by atoms with van der Waals surface area (Å²) in [6.07, 6.45) is 1.30. The van der Waals surface area contributed by atoms with Crippen molar-refractivity contribution >= 4 is 22.3 Å². The van der Waals surface area contributed by atoms with E-state index in [-0.39, 0.29) is 16.6 Å². The van der Waals surface area contributed by atoms with Gasteiger partial charge in [-0.1, -0.05) is 0 Å². The summed E-state index contributed by atoms with van der Waals surface area (Å²) in [5.74, 6) is 1.51. The summed E-state index contributed by atoms with van der Waals surface area (Å²) in [6, 6.07) is 2.93. The SMILES string of the molecule is Cc1nc(CN2CCN(c3cc4nc[nH]c(=O)c4cc3[N+](=O)[O-])CC2)n[nH]1. The lowest BCUT2D eigenvalue weighted by molar-refractivity contribution is -0.384. The second-order valence-corrected chi connectivity index (χ2v) is 6.45. The maximum absolute atomic E-state index is 11.9. The summed E-state index contributed by atoms with van der Waals surface area (Å²) in [6.45, 7) is 5.19. The molecule has 0 bridgehead atoms. The van der Waals surface area contributed by atoms with Crippen LogP contribution in [0.1, 0.15) is 11.6 Å². The van der Waals surface area contributed by atoms with E-state index in [4.69, 9.17) is 0 Å². The van der Waals surface area contributed by atoms with Crippen molar-refractivity contribution in [3.63, 3.8) is 0 Å². The summed E-state index contributed by atoms with van der Waals surface area (Å²) in [5.41, 5.74) is 0.456. The topological polar surface area (TPSA) is 137 Å². The zero-order chi connectivity index (χ0) is 19.0. The Bertz CT molecular complexity index is 1050. The van der Waals surface area contributed by atoms with Crippen LogP contribution in [0.15, 0.2) is 23.3 Å². The highest BCUT2D eigenvalue weighted by atomic mass is 16.6. The number of rotatable bonds is 4. The molecule has 2 aromatic heterocycles. The number of H-pyrrole nitrogens is 2. The fraction of sp³-hybridized carbons (Fsp3) is 0.375. The van der Waals surface area contributed by atoms with Gasteiger partial charge in [-0.05, 0) is 13.0 Å². The standard InChI is InChI=1S/C16H18N8O3/c1-10-19-15(21-20-10)8-22-2-4-23(5-3-22)13-7-12-11(6-14(13)24(26)27)16(25)18-9-17-12/h6-7,9H,2-5,8H2,1H3,(H,17,18,25)(H,19,20,21). The number of aryl methyl sites for hydroxylation is 1. The Morgan fingerprint density at radius 3 is 2.70 bits per heavy atom. The second-order valence-electron chi connectivity index (χ2n) is 6.45. The van der Waals surface area contributed by atoms with Gasteiger partial charge in [-0.25, -0.2) is 9.97 Å². The number of piperazine rings is 1. The molecule has 2 N–H and O–H groups in total. The number of hydrogen-bond donors (Lipinski definition) is 2. The fourth-order valence-corrected chi connectivity index (χ4v) is 3.30. The Kier molecular flexibility index (Phi) is 4.28. The quantitative estimate of drug-likeness (QED) is 0.502. The Balaban J connectivity index is 1.57. The van der Waals surface area contributed by atoms with Crippen LogP contribution < -0.4 is 10.5 Å². The zero-order valence-corrected chi connectivity index (χ0v) is 14.7. The van der Waals surface area contributed by atoms with Crippen molar-refractivity contribution < 1.29 is 4.92 Å². The van der Waals surface area contributed by atoms with E-state index >= 15 is 0 Å². The Morgan fingerprint density at radius 1 is 1.26 bits per heavy atom. The molecular formula is C16H18N8O3. The first-order chi connectivity index (χ1) is 13.0. The van der Waals surface area contributed by atoms with Crippen molar-refractivity contribution in [1.29, 1.82) is 0 Å². The number of nitrogens with one attached hydrogen (secondary N) is 2. The van der Waals surface area contributed by atoms with E-state index < -0.39 is 4.92 Å². The van der Waals surface area contributed by atoms with Gasteiger partial charge < -0.3 is 9.88 Å². The highest BCUT2D eigenvalue weighted by Crippen LogP contribution is 2.32. The van der Waals surface area contributed by atoms with E-state index in [9.17, 15) is 14.9 Å². The third-order valence-corrected chi connectivity index (χ3v) is 4.66. The molecule has 4 rings (SSSR count). The molecular weight excluding hydrogens is 352 g/mol. The summed E-state index contributed by atoms with van der Waals surface area (Å²) in [5, 5.41) is 18.7. The van der Waals surface area contributed by atoms with Crippen molar-refractivity contribution in [3.05, 3.63) is 50.6 Å². The summed E-state index contributed by atoms with van der Waals surface area (Å²) >= 11 is 0. The maximum atomic E-state index is 11.9. The smallest absolute Gasteiger partial charge is 0.293 e. The monoisotopic (exact) mass is 370 g/mol. The van der Waals surface area contributed by atoms with Crippen LogP contribution in [0, 0.1) is 17.0 Å². The summed E-state index contributed by atoms with van der Waals surface area (Å²) < 4.78 is 0. The van der Waals surface area contributed by atoms with Crippen molar-refractivity contribution in [2.45, 2.75) is 13.5 Å². The van der Waals surface area contributed by atoms with E-state index in [2.05, 4.69) is 30.0 Å². The average Bonchev–Trinajstić information content (AvgIpc) is 3.06. The predicted molar refractivity (Wildman–Crippen MR) is 97.6 cm³/mol. The number of aromatic amines is 2. The largest absolute Gasteiger partial charge is 0.363 e. The molecule has 0 unspecified atom stereocenters. The van der Waals surface area contributed by atoms with Crippen molar-refractivity contribution in [2.75, 3.05) is 31.1 Å². The molecule has 1 aromatic carbocycles. The second kappa shape index (κ2) is 6.76. The molecule has 27 heavy (non-hydrogen) atoms. The normalized spacial score (nSPS) is 15.4. The highest BCUT2D eigenvalue weighted by Gasteiger charge is 2.25. The highest BCUT2D eigenvalue weighted by molar-refractivity contribution is 5.87. The first-order valence-corrected chi connectivity index (χ1v) is 8.52. The van der Waals surface area contributed by atoms with E-state index in [0.29, 0.717) is 30.8 Å². The summed E-state index contributed by atoms with van der Waals surface area (Å²) in [7, 11) is 0.